The van der Waals surface area contributed by atoms with Crippen LogP contribution < -0.4 is 5.32 Å². The predicted octanol–water partition coefficient (Wildman–Crippen LogP) is 3.33. The van der Waals surface area contributed by atoms with Crippen molar-refractivity contribution in [1.29, 1.82) is 0 Å². The van der Waals surface area contributed by atoms with Crippen LogP contribution in [0.5, 0.6) is 0 Å². The van der Waals surface area contributed by atoms with E-state index in [1.165, 1.54) is 18.6 Å². The highest BCUT2D eigenvalue weighted by atomic mass is 32.2. The van der Waals surface area contributed by atoms with Crippen molar-refractivity contribution < 1.29 is 9.90 Å². The molecule has 0 heterocycles. The lowest BCUT2D eigenvalue weighted by atomic mass is 10.1. The first kappa shape index (κ1) is 16.1. The third kappa shape index (κ3) is 6.64. The number of rotatable bonds is 10. The van der Waals surface area contributed by atoms with E-state index in [-0.39, 0.29) is 0 Å². The van der Waals surface area contributed by atoms with Crippen molar-refractivity contribution >= 4 is 17.7 Å². The molecular weight excluding hydrogens is 258 g/mol. The Balaban J connectivity index is 2.26. The van der Waals surface area contributed by atoms with Gasteiger partial charge in [0.15, 0.2) is 0 Å². The number of benzene rings is 1. The summed E-state index contributed by atoms with van der Waals surface area (Å²) in [7, 11) is 0. The van der Waals surface area contributed by atoms with E-state index < -0.39 is 12.0 Å². The van der Waals surface area contributed by atoms with E-state index in [4.69, 9.17) is 0 Å². The maximum atomic E-state index is 11.2. The van der Waals surface area contributed by atoms with Crippen molar-refractivity contribution in [2.45, 2.75) is 31.7 Å². The summed E-state index contributed by atoms with van der Waals surface area (Å²) in [6.45, 7) is 0.755. The zero-order valence-corrected chi connectivity index (χ0v) is 12.3. The molecule has 0 amide bonds. The van der Waals surface area contributed by atoms with Gasteiger partial charge in [-0.05, 0) is 37.0 Å². The first-order chi connectivity index (χ1) is 9.25. The molecule has 0 saturated heterocycles. The second-order valence-electron chi connectivity index (χ2n) is 4.54. The van der Waals surface area contributed by atoms with Gasteiger partial charge in [-0.3, -0.25) is 4.79 Å². The van der Waals surface area contributed by atoms with Gasteiger partial charge >= 0.3 is 5.97 Å². The summed E-state index contributed by atoms with van der Waals surface area (Å²) in [6, 6.07) is 8.75. The van der Waals surface area contributed by atoms with Gasteiger partial charge in [-0.25, -0.2) is 0 Å². The number of aliphatic carboxylic acids is 1. The predicted molar refractivity (Wildman–Crippen MR) is 81.7 cm³/mol. The second-order valence-corrected chi connectivity index (χ2v) is 5.53. The summed E-state index contributed by atoms with van der Waals surface area (Å²) >= 11 is 1.88. The highest BCUT2D eigenvalue weighted by Gasteiger charge is 2.17. The van der Waals surface area contributed by atoms with E-state index in [1.54, 1.807) is 0 Å². The molecule has 1 unspecified atom stereocenters. The van der Waals surface area contributed by atoms with Crippen LogP contribution in [0.15, 0.2) is 30.3 Å². The van der Waals surface area contributed by atoms with Crippen LogP contribution in [0.3, 0.4) is 0 Å². The normalized spacial score (nSPS) is 12.3. The number of carbonyl (C=O) groups is 1. The van der Waals surface area contributed by atoms with Gasteiger partial charge < -0.3 is 10.4 Å². The molecule has 0 bridgehead atoms. The minimum atomic E-state index is -0.811. The molecule has 1 atom stereocenters. The van der Waals surface area contributed by atoms with Crippen molar-refractivity contribution in [2.24, 2.45) is 0 Å². The highest BCUT2D eigenvalue weighted by molar-refractivity contribution is 7.98. The molecule has 0 saturated carbocycles. The highest BCUT2D eigenvalue weighted by Crippen LogP contribution is 2.13. The molecule has 106 valence electrons. The number of carboxylic acids is 1. The van der Waals surface area contributed by atoms with E-state index in [0.717, 1.165) is 24.9 Å². The lowest BCUT2D eigenvalue weighted by Crippen LogP contribution is -2.29. The van der Waals surface area contributed by atoms with E-state index in [1.807, 2.05) is 42.1 Å². The fourth-order valence-corrected chi connectivity index (χ4v) is 2.46. The molecule has 2 N–H and O–H groups in total. The van der Waals surface area contributed by atoms with Crippen LogP contribution in [-0.2, 0) is 4.79 Å². The maximum Gasteiger partial charge on any atom is 0.325 e. The van der Waals surface area contributed by atoms with Gasteiger partial charge in [0.25, 0.3) is 0 Å². The van der Waals surface area contributed by atoms with Crippen LogP contribution in [0.4, 0.5) is 0 Å². The molecule has 0 aliphatic rings. The summed E-state index contributed by atoms with van der Waals surface area (Å²) in [5.74, 6) is 0.406. The van der Waals surface area contributed by atoms with Gasteiger partial charge in [-0.15, -0.1) is 0 Å². The molecule has 0 fully saturated rings. The molecule has 0 aliphatic carbocycles. The largest absolute Gasteiger partial charge is 0.480 e. The minimum absolute atomic E-state index is 0.590. The number of carboxylic acid groups (broad SMARTS) is 1. The van der Waals surface area contributed by atoms with Gasteiger partial charge in [0.05, 0.1) is 0 Å². The van der Waals surface area contributed by atoms with Crippen molar-refractivity contribution in [3.63, 3.8) is 0 Å². The zero-order valence-electron chi connectivity index (χ0n) is 11.5. The Kier molecular flexibility index (Phi) is 8.34. The Labute approximate surface area is 119 Å². The molecule has 1 rings (SSSR count). The Morgan fingerprint density at radius 2 is 1.89 bits per heavy atom. The van der Waals surface area contributed by atoms with Crippen molar-refractivity contribution in [1.82, 2.24) is 5.32 Å². The Hall–Kier alpha value is -1.00. The molecule has 19 heavy (non-hydrogen) atoms. The average Bonchev–Trinajstić information content (AvgIpc) is 2.42. The van der Waals surface area contributed by atoms with Gasteiger partial charge in [0.1, 0.15) is 6.04 Å². The zero-order chi connectivity index (χ0) is 13.9. The standard InChI is InChI=1S/C15H23NO2S/c1-19-12-8-3-2-7-11-16-14(15(17)18)13-9-5-4-6-10-13/h4-6,9-10,14,16H,2-3,7-8,11-12H2,1H3,(H,17,18). The Morgan fingerprint density at radius 3 is 2.53 bits per heavy atom. The van der Waals surface area contributed by atoms with Gasteiger partial charge in [0, 0.05) is 0 Å². The molecule has 0 aliphatic heterocycles. The number of nitrogens with one attached hydrogen (secondary N) is 1. The first-order valence-corrected chi connectivity index (χ1v) is 8.15. The Morgan fingerprint density at radius 1 is 1.21 bits per heavy atom. The van der Waals surface area contributed by atoms with Gasteiger partial charge in [-0.1, -0.05) is 43.2 Å². The topological polar surface area (TPSA) is 49.3 Å². The molecule has 3 nitrogen and oxygen atoms in total. The monoisotopic (exact) mass is 281 g/mol. The van der Waals surface area contributed by atoms with E-state index in [9.17, 15) is 9.90 Å². The summed E-state index contributed by atoms with van der Waals surface area (Å²) in [4.78, 5) is 11.2. The van der Waals surface area contributed by atoms with Gasteiger partial charge in [0.2, 0.25) is 0 Å². The average molecular weight is 281 g/mol. The van der Waals surface area contributed by atoms with Crippen LogP contribution in [0.1, 0.15) is 37.3 Å². The summed E-state index contributed by atoms with van der Waals surface area (Å²) in [5, 5.41) is 12.4. The summed E-state index contributed by atoms with van der Waals surface area (Å²) in [6.07, 6.45) is 6.80. The molecule has 0 spiro atoms. The van der Waals surface area contributed by atoms with Crippen molar-refractivity contribution in [2.75, 3.05) is 18.6 Å². The van der Waals surface area contributed by atoms with E-state index in [0.29, 0.717) is 0 Å². The second kappa shape index (κ2) is 9.87. The van der Waals surface area contributed by atoms with Crippen LogP contribution in [0.2, 0.25) is 0 Å². The van der Waals surface area contributed by atoms with Crippen molar-refractivity contribution in [3.05, 3.63) is 35.9 Å². The molecule has 1 aromatic rings. The fourth-order valence-electron chi connectivity index (χ4n) is 1.96. The molecular formula is C15H23NO2S. The molecule has 0 radical (unpaired) electrons. The third-order valence-corrected chi connectivity index (χ3v) is 3.70. The first-order valence-electron chi connectivity index (χ1n) is 6.75. The van der Waals surface area contributed by atoms with Crippen LogP contribution in [0.25, 0.3) is 0 Å². The number of hydrogen-bond donors (Lipinski definition) is 2. The minimum Gasteiger partial charge on any atom is -0.480 e. The lowest BCUT2D eigenvalue weighted by molar-refractivity contribution is -0.139. The molecule has 0 aromatic heterocycles. The maximum absolute atomic E-state index is 11.2. The van der Waals surface area contributed by atoms with Crippen molar-refractivity contribution in [3.8, 4) is 0 Å². The van der Waals surface area contributed by atoms with E-state index in [2.05, 4.69) is 11.6 Å². The number of thioether (sulfide) groups is 1. The number of hydrogen-bond acceptors (Lipinski definition) is 3. The quantitative estimate of drug-likeness (QED) is 0.646. The fraction of sp³-hybridized carbons (Fsp3) is 0.533. The summed E-state index contributed by atoms with van der Waals surface area (Å²) < 4.78 is 0. The third-order valence-electron chi connectivity index (χ3n) is 3.00. The van der Waals surface area contributed by atoms with Crippen LogP contribution in [0, 0.1) is 0 Å². The smallest absolute Gasteiger partial charge is 0.325 e. The molecule has 4 heteroatoms. The van der Waals surface area contributed by atoms with Gasteiger partial charge in [-0.2, -0.15) is 11.8 Å². The Bertz CT molecular complexity index is 356. The van der Waals surface area contributed by atoms with E-state index >= 15 is 0 Å². The lowest BCUT2D eigenvalue weighted by Gasteiger charge is -2.14. The SMILES string of the molecule is CSCCCCCCNC(C(=O)O)c1ccccc1. The molecule has 1 aromatic carbocycles. The van der Waals surface area contributed by atoms with Crippen LogP contribution in [-0.4, -0.2) is 29.6 Å². The number of unbranched alkanes of at least 4 members (excludes halogenated alkanes) is 3. The summed E-state index contributed by atoms with van der Waals surface area (Å²) in [5.41, 5.74) is 0.817. The van der Waals surface area contributed by atoms with Crippen LogP contribution >= 0.6 is 11.8 Å².